The zero-order valence-corrected chi connectivity index (χ0v) is 13.5. The molecule has 1 fully saturated rings. The summed E-state index contributed by atoms with van der Waals surface area (Å²) in [6, 6.07) is 5.40. The van der Waals surface area contributed by atoms with E-state index in [4.69, 9.17) is 32.7 Å². The molecule has 5 nitrogen and oxygen atoms in total. The Morgan fingerprint density at radius 3 is 3.00 bits per heavy atom. The molecule has 1 aliphatic heterocycles. The molecule has 1 aliphatic rings. The molecule has 0 saturated carbocycles. The smallest absolute Gasteiger partial charge is 0.158 e. The van der Waals surface area contributed by atoms with Crippen molar-refractivity contribution in [2.45, 2.75) is 44.8 Å². The Kier molecular flexibility index (Phi) is 5.31. The zero-order chi connectivity index (χ0) is 15.4. The third-order valence-corrected chi connectivity index (χ3v) is 4.19. The third-order valence-electron chi connectivity index (χ3n) is 3.61. The molecule has 0 N–H and O–H groups in total. The van der Waals surface area contributed by atoms with E-state index in [-0.39, 0.29) is 12.4 Å². The second kappa shape index (κ2) is 7.42. The number of aromatic nitrogens is 3. The summed E-state index contributed by atoms with van der Waals surface area (Å²) in [6.45, 7) is 1.11. The number of rotatable bonds is 5. The number of halogens is 2. The zero-order valence-electron chi connectivity index (χ0n) is 12.0. The van der Waals surface area contributed by atoms with Crippen LogP contribution < -0.4 is 0 Å². The highest BCUT2D eigenvalue weighted by Gasteiger charge is 2.23. The van der Waals surface area contributed by atoms with Crippen LogP contribution >= 0.6 is 23.2 Å². The fourth-order valence-electron chi connectivity index (χ4n) is 2.48. The molecule has 1 saturated heterocycles. The van der Waals surface area contributed by atoms with E-state index in [0.29, 0.717) is 23.2 Å². The van der Waals surface area contributed by atoms with E-state index in [9.17, 15) is 0 Å². The summed E-state index contributed by atoms with van der Waals surface area (Å²) in [7, 11) is 0. The molecule has 2 aromatic rings. The summed E-state index contributed by atoms with van der Waals surface area (Å²) >= 11 is 12.0. The minimum atomic E-state index is -0.214. The molecule has 2 heterocycles. The summed E-state index contributed by atoms with van der Waals surface area (Å²) < 4.78 is 13.6. The van der Waals surface area contributed by atoms with Gasteiger partial charge in [-0.2, -0.15) is 5.10 Å². The van der Waals surface area contributed by atoms with E-state index in [2.05, 4.69) is 10.1 Å². The maximum absolute atomic E-state index is 6.15. The maximum atomic E-state index is 6.15. The van der Waals surface area contributed by atoms with Gasteiger partial charge in [0, 0.05) is 10.0 Å². The third kappa shape index (κ3) is 4.20. The van der Waals surface area contributed by atoms with Crippen LogP contribution in [0.25, 0.3) is 0 Å². The number of hydrogen-bond donors (Lipinski definition) is 0. The Hall–Kier alpha value is -1.14. The van der Waals surface area contributed by atoms with Gasteiger partial charge in [0.25, 0.3) is 0 Å². The Morgan fingerprint density at radius 2 is 2.23 bits per heavy atom. The van der Waals surface area contributed by atoms with Crippen LogP contribution in [0.5, 0.6) is 0 Å². The summed E-state index contributed by atoms with van der Waals surface area (Å²) in [5, 5.41) is 5.34. The lowest BCUT2D eigenvalue weighted by Crippen LogP contribution is -2.32. The molecule has 3 rings (SSSR count). The van der Waals surface area contributed by atoms with Crippen LogP contribution in [-0.4, -0.2) is 27.2 Å². The largest absolute Gasteiger partial charge is 0.348 e. The molecule has 0 radical (unpaired) electrons. The molecule has 0 aliphatic carbocycles. The van der Waals surface area contributed by atoms with Crippen LogP contribution in [0.3, 0.4) is 0 Å². The number of benzene rings is 1. The van der Waals surface area contributed by atoms with Crippen molar-refractivity contribution in [3.8, 4) is 0 Å². The Bertz CT molecular complexity index is 607. The monoisotopic (exact) mass is 341 g/mol. The van der Waals surface area contributed by atoms with E-state index >= 15 is 0 Å². The van der Waals surface area contributed by atoms with Crippen LogP contribution in [-0.2, 0) is 22.6 Å². The van der Waals surface area contributed by atoms with Crippen LogP contribution in [0, 0.1) is 0 Å². The average Bonchev–Trinajstić information content (AvgIpc) is 3.00. The standard InChI is InChI=1S/C15H17Cl2N3O2/c16-12-5-4-11(14(17)6-12)8-21-15-3-1-2-13(22-15)7-20-10-18-9-19-20/h4-6,9-10,13,15H,1-3,7-8H2/t13-,15-/m1/s1. The first-order valence-corrected chi connectivity index (χ1v) is 8.00. The first kappa shape index (κ1) is 15.7. The van der Waals surface area contributed by atoms with Crippen molar-refractivity contribution in [2.24, 2.45) is 0 Å². The Balaban J connectivity index is 1.52. The fraction of sp³-hybridized carbons (Fsp3) is 0.467. The topological polar surface area (TPSA) is 49.2 Å². The van der Waals surface area contributed by atoms with E-state index in [1.165, 1.54) is 6.33 Å². The Morgan fingerprint density at radius 1 is 1.32 bits per heavy atom. The van der Waals surface area contributed by atoms with Crippen LogP contribution in [0.4, 0.5) is 0 Å². The molecule has 1 aromatic carbocycles. The fourth-order valence-corrected chi connectivity index (χ4v) is 2.94. The van der Waals surface area contributed by atoms with E-state index in [1.807, 2.05) is 6.07 Å². The lowest BCUT2D eigenvalue weighted by atomic mass is 10.1. The van der Waals surface area contributed by atoms with Gasteiger partial charge in [0.1, 0.15) is 12.7 Å². The molecule has 2 atom stereocenters. The minimum absolute atomic E-state index is 0.0983. The highest BCUT2D eigenvalue weighted by atomic mass is 35.5. The molecule has 1 aromatic heterocycles. The van der Waals surface area contributed by atoms with Crippen molar-refractivity contribution in [3.05, 3.63) is 46.5 Å². The van der Waals surface area contributed by atoms with Gasteiger partial charge in [0.2, 0.25) is 0 Å². The van der Waals surface area contributed by atoms with Gasteiger partial charge in [0.15, 0.2) is 6.29 Å². The molecule has 0 amide bonds. The first-order chi connectivity index (χ1) is 10.7. The lowest BCUT2D eigenvalue weighted by molar-refractivity contribution is -0.202. The van der Waals surface area contributed by atoms with Crippen molar-refractivity contribution in [1.82, 2.24) is 14.8 Å². The van der Waals surface area contributed by atoms with E-state index in [1.54, 1.807) is 23.1 Å². The highest BCUT2D eigenvalue weighted by molar-refractivity contribution is 6.35. The van der Waals surface area contributed by atoms with Crippen molar-refractivity contribution >= 4 is 23.2 Å². The predicted molar refractivity (Wildman–Crippen MR) is 83.8 cm³/mol. The molecular weight excluding hydrogens is 325 g/mol. The van der Waals surface area contributed by atoms with Gasteiger partial charge in [-0.1, -0.05) is 29.3 Å². The van der Waals surface area contributed by atoms with Crippen molar-refractivity contribution in [1.29, 1.82) is 0 Å². The molecule has 22 heavy (non-hydrogen) atoms. The second-order valence-electron chi connectivity index (χ2n) is 5.28. The first-order valence-electron chi connectivity index (χ1n) is 7.24. The molecule has 7 heteroatoms. The number of hydrogen-bond acceptors (Lipinski definition) is 4. The predicted octanol–water partition coefficient (Wildman–Crippen LogP) is 3.70. The maximum Gasteiger partial charge on any atom is 0.158 e. The molecular formula is C15H17Cl2N3O2. The average molecular weight is 342 g/mol. The SMILES string of the molecule is Clc1ccc(CO[C@H]2CCC[C@H](Cn3cncn3)O2)c(Cl)c1. The van der Waals surface area contributed by atoms with Gasteiger partial charge in [-0.15, -0.1) is 0 Å². The van der Waals surface area contributed by atoms with E-state index in [0.717, 1.165) is 24.8 Å². The Labute approximate surface area is 139 Å². The summed E-state index contributed by atoms with van der Waals surface area (Å²) in [5.74, 6) is 0. The minimum Gasteiger partial charge on any atom is -0.348 e. The van der Waals surface area contributed by atoms with Gasteiger partial charge in [-0.3, -0.25) is 4.68 Å². The van der Waals surface area contributed by atoms with Crippen LogP contribution in [0.2, 0.25) is 10.0 Å². The number of ether oxygens (including phenoxy) is 2. The van der Waals surface area contributed by atoms with Gasteiger partial charge in [-0.25, -0.2) is 4.98 Å². The van der Waals surface area contributed by atoms with Gasteiger partial charge >= 0.3 is 0 Å². The van der Waals surface area contributed by atoms with Crippen LogP contribution in [0.1, 0.15) is 24.8 Å². The van der Waals surface area contributed by atoms with Gasteiger partial charge in [0.05, 0.1) is 19.3 Å². The highest BCUT2D eigenvalue weighted by Crippen LogP contribution is 2.25. The summed E-state index contributed by atoms with van der Waals surface area (Å²) in [5.41, 5.74) is 0.910. The normalized spacial score (nSPS) is 21.9. The van der Waals surface area contributed by atoms with E-state index < -0.39 is 0 Å². The van der Waals surface area contributed by atoms with Crippen molar-refractivity contribution < 1.29 is 9.47 Å². The molecule has 0 spiro atoms. The lowest BCUT2D eigenvalue weighted by Gasteiger charge is -2.29. The molecule has 0 unspecified atom stereocenters. The number of nitrogens with zero attached hydrogens (tertiary/aromatic N) is 3. The second-order valence-corrected chi connectivity index (χ2v) is 6.13. The van der Waals surface area contributed by atoms with Crippen LogP contribution in [0.15, 0.2) is 30.9 Å². The van der Waals surface area contributed by atoms with Gasteiger partial charge in [-0.05, 0) is 37.0 Å². The van der Waals surface area contributed by atoms with Crippen molar-refractivity contribution in [3.63, 3.8) is 0 Å². The molecule has 0 bridgehead atoms. The summed E-state index contributed by atoms with van der Waals surface area (Å²) in [4.78, 5) is 3.94. The molecule has 118 valence electrons. The quantitative estimate of drug-likeness (QED) is 0.831. The van der Waals surface area contributed by atoms with Crippen molar-refractivity contribution in [2.75, 3.05) is 0 Å². The van der Waals surface area contributed by atoms with Gasteiger partial charge < -0.3 is 9.47 Å². The summed E-state index contributed by atoms with van der Waals surface area (Å²) in [6.07, 6.45) is 6.06.